The fourth-order valence-corrected chi connectivity index (χ4v) is 7.16. The Hall–Kier alpha value is -1.60. The molecule has 0 unspecified atom stereocenters. The molecule has 2 nitrogen and oxygen atoms in total. The Morgan fingerprint density at radius 1 is 0.667 bits per heavy atom. The number of nitrogens with zero attached hydrogens (tertiary/aromatic N) is 2. The van der Waals surface area contributed by atoms with Crippen molar-refractivity contribution in [3.63, 3.8) is 0 Å². The maximum absolute atomic E-state index is 5.03. The maximum Gasteiger partial charge on any atom is 0.106 e. The second-order valence-electron chi connectivity index (χ2n) is 8.73. The first-order valence-corrected chi connectivity index (χ1v) is 12.4. The van der Waals surface area contributed by atoms with Gasteiger partial charge in [-0.3, -0.25) is 0 Å². The van der Waals surface area contributed by atoms with Gasteiger partial charge in [-0.15, -0.1) is 47.9 Å². The van der Waals surface area contributed by atoms with Gasteiger partial charge in [0.05, 0.1) is 16.8 Å². The molecule has 0 amide bonds. The molecule has 0 aliphatic carbocycles. The van der Waals surface area contributed by atoms with Gasteiger partial charge < -0.3 is 0 Å². The highest BCUT2D eigenvalue weighted by Crippen LogP contribution is 2.46. The van der Waals surface area contributed by atoms with Crippen LogP contribution in [0.25, 0.3) is 22.5 Å². The first kappa shape index (κ1) is 20.3. The zero-order valence-corrected chi connectivity index (χ0v) is 20.6. The lowest BCUT2D eigenvalue weighted by Gasteiger charge is -2.30. The van der Waals surface area contributed by atoms with E-state index in [0.29, 0.717) is 0 Å². The van der Waals surface area contributed by atoms with Gasteiger partial charge in [0.25, 0.3) is 0 Å². The highest BCUT2D eigenvalue weighted by Gasteiger charge is 2.33. The molecule has 5 rings (SSSR count). The zero-order chi connectivity index (χ0) is 21.3. The summed E-state index contributed by atoms with van der Waals surface area (Å²) in [6, 6.07) is 12.8. The van der Waals surface area contributed by atoms with Gasteiger partial charge in [-0.05, 0) is 25.0 Å². The van der Waals surface area contributed by atoms with E-state index in [1.165, 1.54) is 11.1 Å². The maximum atomic E-state index is 5.03. The molecule has 4 aromatic rings. The molecule has 0 saturated carbocycles. The number of hydrogen-bond acceptors (Lipinski definition) is 6. The van der Waals surface area contributed by atoms with Gasteiger partial charge in [0, 0.05) is 37.1 Å². The molecule has 30 heavy (non-hydrogen) atoms. The summed E-state index contributed by atoms with van der Waals surface area (Å²) in [5, 5.41) is 6.41. The van der Waals surface area contributed by atoms with Crippen molar-refractivity contribution in [2.75, 3.05) is 0 Å². The molecule has 8 bridgehead atoms. The van der Waals surface area contributed by atoms with E-state index in [2.05, 4.69) is 74.9 Å². The van der Waals surface area contributed by atoms with Crippen LogP contribution in [0.2, 0.25) is 0 Å². The molecule has 1 aliphatic rings. The van der Waals surface area contributed by atoms with Crippen LogP contribution in [0.4, 0.5) is 0 Å². The van der Waals surface area contributed by atoms with Crippen molar-refractivity contribution in [2.45, 2.75) is 48.3 Å². The molecular weight excluding hydrogens is 445 g/mol. The van der Waals surface area contributed by atoms with Crippen molar-refractivity contribution in [2.24, 2.45) is 0 Å². The van der Waals surface area contributed by atoms with Crippen molar-refractivity contribution in [1.82, 2.24) is 9.97 Å². The van der Waals surface area contributed by atoms with E-state index >= 15 is 0 Å². The lowest BCUT2D eigenvalue weighted by Crippen LogP contribution is -2.21. The van der Waals surface area contributed by atoms with Crippen molar-refractivity contribution in [3.05, 3.63) is 68.3 Å². The average molecular weight is 467 g/mol. The van der Waals surface area contributed by atoms with Gasteiger partial charge in [0.1, 0.15) is 10.0 Å². The van der Waals surface area contributed by atoms with Crippen LogP contribution < -0.4 is 0 Å². The Kier molecular flexibility index (Phi) is 4.71. The summed E-state index contributed by atoms with van der Waals surface area (Å²) in [7, 11) is 0. The summed E-state index contributed by atoms with van der Waals surface area (Å²) in [6.45, 7) is 8.86. The first-order chi connectivity index (χ1) is 14.2. The van der Waals surface area contributed by atoms with Gasteiger partial charge in [0.2, 0.25) is 0 Å². The number of thiol groups is 2. The lowest BCUT2D eigenvalue weighted by atomic mass is 9.76. The first-order valence-electron chi connectivity index (χ1n) is 9.79. The fraction of sp³-hybridized carbons (Fsp3) is 0.250. The third-order valence-corrected chi connectivity index (χ3v) is 9.34. The monoisotopic (exact) mass is 466 g/mol. The molecule has 0 spiro atoms. The Bertz CT molecular complexity index is 1180. The van der Waals surface area contributed by atoms with E-state index in [9.17, 15) is 0 Å². The highest BCUT2D eigenvalue weighted by atomic mass is 32.1. The van der Waals surface area contributed by atoms with E-state index in [4.69, 9.17) is 35.2 Å². The van der Waals surface area contributed by atoms with E-state index < -0.39 is 0 Å². The molecule has 0 fully saturated rings. The number of aromatic nitrogens is 2. The molecule has 2 aromatic heterocycles. The molecule has 0 atom stereocenters. The van der Waals surface area contributed by atoms with Crippen molar-refractivity contribution >= 4 is 47.9 Å². The Balaban J connectivity index is 1.89. The van der Waals surface area contributed by atoms with Crippen LogP contribution in [-0.2, 0) is 10.8 Å². The van der Waals surface area contributed by atoms with Crippen LogP contribution in [0.5, 0.6) is 0 Å². The molecule has 0 saturated heterocycles. The number of fused-ring (bicyclic) bond motifs is 10. The standard InChI is InChI=1S/C24H22N2S4/c1-23(2)15-9-5-7-13(19(15)27)17-11-29-21(25-17)24(3,4)22-26-18(12-30-22)14-8-6-10-16(23)20(14)28/h5-12,27-28H,1-4H3. The lowest BCUT2D eigenvalue weighted by molar-refractivity contribution is 0.614. The topological polar surface area (TPSA) is 25.8 Å². The molecular formula is C24H22N2S4. The van der Waals surface area contributed by atoms with Crippen LogP contribution in [0, 0.1) is 0 Å². The summed E-state index contributed by atoms with van der Waals surface area (Å²) >= 11 is 13.4. The van der Waals surface area contributed by atoms with Crippen LogP contribution in [0.1, 0.15) is 48.8 Å². The van der Waals surface area contributed by atoms with Gasteiger partial charge in [-0.2, -0.15) is 0 Å². The predicted molar refractivity (Wildman–Crippen MR) is 134 cm³/mol. The summed E-state index contributed by atoms with van der Waals surface area (Å²) in [6.07, 6.45) is 0. The fourth-order valence-electron chi connectivity index (χ4n) is 4.11. The van der Waals surface area contributed by atoms with E-state index in [1.807, 2.05) is 0 Å². The van der Waals surface area contributed by atoms with Gasteiger partial charge in [0.15, 0.2) is 0 Å². The molecule has 2 aromatic carbocycles. The van der Waals surface area contributed by atoms with Crippen LogP contribution in [-0.4, -0.2) is 9.97 Å². The Morgan fingerprint density at radius 3 is 1.53 bits per heavy atom. The minimum Gasteiger partial charge on any atom is -0.240 e. The SMILES string of the molecule is CC1(C)c2nc(cs2)-c2cccc(c2S)C(C)(C)c2cccc(c2S)-c2csc1n2. The Labute approximate surface area is 196 Å². The number of benzene rings is 2. The van der Waals surface area contributed by atoms with Crippen molar-refractivity contribution in [3.8, 4) is 22.5 Å². The molecule has 0 N–H and O–H groups in total. The summed E-state index contributed by atoms with van der Waals surface area (Å²) in [5.74, 6) is 0. The van der Waals surface area contributed by atoms with Gasteiger partial charge in [-0.1, -0.05) is 50.2 Å². The molecule has 152 valence electrons. The van der Waals surface area contributed by atoms with Gasteiger partial charge in [-0.25, -0.2) is 9.97 Å². The smallest absolute Gasteiger partial charge is 0.106 e. The predicted octanol–water partition coefficient (Wildman–Crippen LogP) is 7.48. The molecule has 0 radical (unpaired) electrons. The number of thiazole rings is 2. The highest BCUT2D eigenvalue weighted by molar-refractivity contribution is 7.80. The Morgan fingerprint density at radius 2 is 1.10 bits per heavy atom. The van der Waals surface area contributed by atoms with E-state index in [1.54, 1.807) is 22.7 Å². The average Bonchev–Trinajstić information content (AvgIpc) is 3.38. The molecule has 1 aliphatic heterocycles. The van der Waals surface area contributed by atoms with Gasteiger partial charge >= 0.3 is 0 Å². The van der Waals surface area contributed by atoms with Crippen LogP contribution in [0.3, 0.4) is 0 Å². The number of rotatable bonds is 0. The largest absolute Gasteiger partial charge is 0.240 e. The molecule has 6 heteroatoms. The zero-order valence-electron chi connectivity index (χ0n) is 17.2. The summed E-state index contributed by atoms with van der Waals surface area (Å²) in [4.78, 5) is 12.0. The molecule has 3 heterocycles. The number of hydrogen-bond donors (Lipinski definition) is 2. The third kappa shape index (κ3) is 2.92. The van der Waals surface area contributed by atoms with E-state index in [0.717, 1.165) is 42.3 Å². The van der Waals surface area contributed by atoms with Crippen LogP contribution >= 0.6 is 47.9 Å². The van der Waals surface area contributed by atoms with Crippen LogP contribution in [0.15, 0.2) is 56.9 Å². The third-order valence-electron chi connectivity index (χ3n) is 6.05. The van der Waals surface area contributed by atoms with Crippen molar-refractivity contribution in [1.29, 1.82) is 0 Å². The summed E-state index contributed by atoms with van der Waals surface area (Å²) in [5.41, 5.74) is 5.87. The van der Waals surface area contributed by atoms with E-state index in [-0.39, 0.29) is 10.8 Å². The normalized spacial score (nSPS) is 16.2. The minimum absolute atomic E-state index is 0.266. The van der Waals surface area contributed by atoms with Crippen molar-refractivity contribution < 1.29 is 0 Å². The second kappa shape index (κ2) is 6.95. The minimum atomic E-state index is -0.277. The second-order valence-corrected chi connectivity index (χ2v) is 11.3. The quantitative estimate of drug-likeness (QED) is 0.263. The summed E-state index contributed by atoms with van der Waals surface area (Å²) < 4.78 is 0.